The van der Waals surface area contributed by atoms with Gasteiger partial charge in [-0.1, -0.05) is 18.2 Å². The zero-order valence-electron chi connectivity index (χ0n) is 11.0. The summed E-state index contributed by atoms with van der Waals surface area (Å²) in [6.07, 6.45) is 3.32. The fourth-order valence-corrected chi connectivity index (χ4v) is 2.42. The molecule has 0 aliphatic rings. The third-order valence-electron chi connectivity index (χ3n) is 3.40. The molecule has 0 amide bonds. The van der Waals surface area contributed by atoms with Crippen LogP contribution in [0.3, 0.4) is 0 Å². The number of para-hydroxylation sites is 1. The lowest BCUT2D eigenvalue weighted by Gasteiger charge is -2.05. The van der Waals surface area contributed by atoms with Crippen LogP contribution in [-0.4, -0.2) is 9.97 Å². The van der Waals surface area contributed by atoms with Gasteiger partial charge in [-0.15, -0.1) is 0 Å². The minimum Gasteiger partial charge on any atom is -0.453 e. The van der Waals surface area contributed by atoms with Crippen molar-refractivity contribution in [1.29, 1.82) is 0 Å². The summed E-state index contributed by atoms with van der Waals surface area (Å²) in [6, 6.07) is 14.6. The molecular weight excluding hydrogens is 264 g/mol. The summed E-state index contributed by atoms with van der Waals surface area (Å²) in [5, 5.41) is 0.538. The molecule has 0 radical (unpaired) electrons. The third kappa shape index (κ3) is 1.80. The number of hydrogen-bond donors (Lipinski definition) is 0. The molecule has 1 aromatic carbocycles. The van der Waals surface area contributed by atoms with Crippen molar-refractivity contribution in [1.82, 2.24) is 9.97 Å². The van der Waals surface area contributed by atoms with Gasteiger partial charge >= 0.3 is 0 Å². The molecule has 4 aromatic rings. The van der Waals surface area contributed by atoms with Gasteiger partial charge in [0.2, 0.25) is 5.43 Å². The molecule has 0 fully saturated rings. The maximum absolute atomic E-state index is 12.5. The van der Waals surface area contributed by atoms with Crippen molar-refractivity contribution in [3.8, 4) is 11.3 Å². The minimum absolute atomic E-state index is 0.121. The Hall–Kier alpha value is -3.01. The van der Waals surface area contributed by atoms with Gasteiger partial charge in [0, 0.05) is 18.0 Å². The van der Waals surface area contributed by atoms with E-state index in [4.69, 9.17) is 4.42 Å². The fraction of sp³-hybridized carbons (Fsp3) is 0. The predicted molar refractivity (Wildman–Crippen MR) is 81.0 cm³/mol. The quantitative estimate of drug-likeness (QED) is 0.499. The highest BCUT2D eigenvalue weighted by molar-refractivity contribution is 5.94. The average Bonchev–Trinajstić information content (AvgIpc) is 2.56. The van der Waals surface area contributed by atoms with Crippen LogP contribution in [0.25, 0.3) is 33.3 Å². The van der Waals surface area contributed by atoms with Crippen LogP contribution >= 0.6 is 0 Å². The summed E-state index contributed by atoms with van der Waals surface area (Å²) < 4.78 is 5.91. The molecule has 4 heteroatoms. The number of pyridine rings is 2. The zero-order chi connectivity index (χ0) is 14.2. The van der Waals surface area contributed by atoms with E-state index in [0.29, 0.717) is 22.1 Å². The molecule has 0 aliphatic heterocycles. The third-order valence-corrected chi connectivity index (χ3v) is 3.40. The van der Waals surface area contributed by atoms with Crippen LogP contribution in [-0.2, 0) is 0 Å². The molecule has 21 heavy (non-hydrogen) atoms. The average molecular weight is 274 g/mol. The van der Waals surface area contributed by atoms with Crippen molar-refractivity contribution in [2.75, 3.05) is 0 Å². The second kappa shape index (κ2) is 4.52. The standard InChI is InChI=1S/C17H10N2O2/c20-16-12-5-1-2-7-14(12)21-17-11(8-10-19-15(16)17)13-6-3-4-9-18-13/h1-10H. The lowest BCUT2D eigenvalue weighted by molar-refractivity contribution is 0.659. The monoisotopic (exact) mass is 274 g/mol. The van der Waals surface area contributed by atoms with Crippen LogP contribution in [0.4, 0.5) is 0 Å². The molecule has 4 nitrogen and oxygen atoms in total. The number of aromatic nitrogens is 2. The van der Waals surface area contributed by atoms with Crippen molar-refractivity contribution >= 4 is 22.1 Å². The van der Waals surface area contributed by atoms with E-state index in [1.54, 1.807) is 24.5 Å². The lowest BCUT2D eigenvalue weighted by atomic mass is 10.1. The summed E-state index contributed by atoms with van der Waals surface area (Å²) in [4.78, 5) is 21.0. The number of fused-ring (bicyclic) bond motifs is 2. The van der Waals surface area contributed by atoms with Crippen LogP contribution in [0.15, 0.2) is 70.1 Å². The normalized spacial score (nSPS) is 11.0. The van der Waals surface area contributed by atoms with Gasteiger partial charge in [-0.2, -0.15) is 0 Å². The van der Waals surface area contributed by atoms with E-state index >= 15 is 0 Å². The SMILES string of the molecule is O=c1c2ccccc2oc2c(-c3ccccn3)ccnc12. The van der Waals surface area contributed by atoms with Crippen LogP contribution in [0.1, 0.15) is 0 Å². The number of benzene rings is 1. The smallest absolute Gasteiger partial charge is 0.218 e. The van der Waals surface area contributed by atoms with Gasteiger partial charge in [0.1, 0.15) is 5.58 Å². The van der Waals surface area contributed by atoms with E-state index in [1.165, 1.54) is 0 Å². The summed E-state index contributed by atoms with van der Waals surface area (Å²) in [5.41, 5.74) is 2.76. The van der Waals surface area contributed by atoms with Crippen LogP contribution in [0.5, 0.6) is 0 Å². The maximum atomic E-state index is 12.5. The summed E-state index contributed by atoms with van der Waals surface area (Å²) >= 11 is 0. The zero-order valence-corrected chi connectivity index (χ0v) is 11.0. The van der Waals surface area contributed by atoms with E-state index in [-0.39, 0.29) is 5.43 Å². The Morgan fingerprint density at radius 1 is 0.857 bits per heavy atom. The molecule has 100 valence electrons. The largest absolute Gasteiger partial charge is 0.453 e. The Kier molecular flexibility index (Phi) is 2.54. The first-order valence-corrected chi connectivity index (χ1v) is 6.56. The molecule has 0 unspecified atom stereocenters. The van der Waals surface area contributed by atoms with Gasteiger partial charge in [0.25, 0.3) is 0 Å². The molecule has 0 aliphatic carbocycles. The Labute approximate surface area is 119 Å². The first-order valence-electron chi connectivity index (χ1n) is 6.56. The molecule has 0 spiro atoms. The van der Waals surface area contributed by atoms with Gasteiger partial charge in [-0.3, -0.25) is 9.78 Å². The van der Waals surface area contributed by atoms with Gasteiger partial charge in [0.15, 0.2) is 11.1 Å². The fourth-order valence-electron chi connectivity index (χ4n) is 2.42. The van der Waals surface area contributed by atoms with Crippen LogP contribution in [0, 0.1) is 0 Å². The Morgan fingerprint density at radius 3 is 2.57 bits per heavy atom. The minimum atomic E-state index is -0.121. The van der Waals surface area contributed by atoms with Crippen molar-refractivity contribution < 1.29 is 4.42 Å². The Bertz CT molecular complexity index is 1010. The van der Waals surface area contributed by atoms with Gasteiger partial charge in [-0.05, 0) is 30.3 Å². The number of nitrogens with zero attached hydrogens (tertiary/aromatic N) is 2. The Morgan fingerprint density at radius 2 is 1.71 bits per heavy atom. The highest BCUT2D eigenvalue weighted by atomic mass is 16.3. The molecule has 0 atom stereocenters. The van der Waals surface area contributed by atoms with Crippen LogP contribution < -0.4 is 5.43 Å². The molecular formula is C17H10N2O2. The van der Waals surface area contributed by atoms with Crippen molar-refractivity contribution in [2.24, 2.45) is 0 Å². The molecule has 0 bridgehead atoms. The first-order chi connectivity index (χ1) is 10.3. The van der Waals surface area contributed by atoms with Gasteiger partial charge in [-0.25, -0.2) is 4.98 Å². The van der Waals surface area contributed by atoms with Gasteiger partial charge in [0.05, 0.1) is 11.1 Å². The highest BCUT2D eigenvalue weighted by Crippen LogP contribution is 2.26. The molecule has 0 saturated carbocycles. The van der Waals surface area contributed by atoms with Gasteiger partial charge < -0.3 is 4.42 Å². The first kappa shape index (κ1) is 11.8. The highest BCUT2D eigenvalue weighted by Gasteiger charge is 2.13. The van der Waals surface area contributed by atoms with Crippen molar-refractivity contribution in [2.45, 2.75) is 0 Å². The van der Waals surface area contributed by atoms with E-state index in [9.17, 15) is 4.79 Å². The van der Waals surface area contributed by atoms with Crippen LogP contribution in [0.2, 0.25) is 0 Å². The van der Waals surface area contributed by atoms with E-state index < -0.39 is 0 Å². The molecule has 0 saturated heterocycles. The van der Waals surface area contributed by atoms with E-state index in [1.807, 2.05) is 36.4 Å². The second-order valence-corrected chi connectivity index (χ2v) is 4.68. The van der Waals surface area contributed by atoms with E-state index in [2.05, 4.69) is 9.97 Å². The van der Waals surface area contributed by atoms with Crippen molar-refractivity contribution in [3.63, 3.8) is 0 Å². The van der Waals surface area contributed by atoms with Crippen molar-refractivity contribution in [3.05, 3.63) is 71.1 Å². The molecule has 3 heterocycles. The molecule has 4 rings (SSSR count). The lowest BCUT2D eigenvalue weighted by Crippen LogP contribution is -2.04. The summed E-state index contributed by atoms with van der Waals surface area (Å²) in [5.74, 6) is 0. The number of hydrogen-bond acceptors (Lipinski definition) is 4. The molecule has 3 aromatic heterocycles. The topological polar surface area (TPSA) is 56.0 Å². The van der Waals surface area contributed by atoms with E-state index in [0.717, 1.165) is 11.3 Å². The maximum Gasteiger partial charge on any atom is 0.218 e. The second-order valence-electron chi connectivity index (χ2n) is 4.68. The predicted octanol–water partition coefficient (Wildman–Crippen LogP) is 3.40. The summed E-state index contributed by atoms with van der Waals surface area (Å²) in [6.45, 7) is 0. The number of rotatable bonds is 1. The Balaban J connectivity index is 2.18. The summed E-state index contributed by atoms with van der Waals surface area (Å²) in [7, 11) is 0. The molecule has 0 N–H and O–H groups in total.